The number of hydrogen-bond acceptors (Lipinski definition) is 4. The summed E-state index contributed by atoms with van der Waals surface area (Å²) in [4.78, 5) is 2.07. The van der Waals surface area contributed by atoms with E-state index in [-0.39, 0.29) is 5.82 Å². The number of hydrogen-bond donors (Lipinski definition) is 0. The van der Waals surface area contributed by atoms with Crippen LogP contribution in [0.4, 0.5) is 19.1 Å². The Labute approximate surface area is 127 Å². The van der Waals surface area contributed by atoms with Gasteiger partial charge in [0.25, 0.3) is 0 Å². The second kappa shape index (κ2) is 6.06. The molecule has 0 aromatic carbocycles. The Kier molecular flexibility index (Phi) is 4.29. The van der Waals surface area contributed by atoms with Gasteiger partial charge in [0.05, 0.1) is 0 Å². The molecule has 0 radical (unpaired) electrons. The lowest BCUT2D eigenvalue weighted by Crippen LogP contribution is -2.40. The molecule has 1 aromatic heterocycles. The largest absolute Gasteiger partial charge is 0.396 e. The fourth-order valence-electron chi connectivity index (χ4n) is 3.46. The molecule has 124 valence electrons. The van der Waals surface area contributed by atoms with Gasteiger partial charge in [0.15, 0.2) is 0 Å². The molecule has 0 aliphatic carbocycles. The van der Waals surface area contributed by atoms with E-state index in [0.29, 0.717) is 17.8 Å². The van der Waals surface area contributed by atoms with Gasteiger partial charge in [-0.2, -0.15) is 13.2 Å². The number of alkyl halides is 3. The Hall–Kier alpha value is -1.31. The molecule has 2 aliphatic rings. The van der Waals surface area contributed by atoms with E-state index in [1.165, 1.54) is 4.57 Å². The first kappa shape index (κ1) is 15.6. The van der Waals surface area contributed by atoms with Crippen molar-refractivity contribution in [2.24, 2.45) is 18.9 Å². The van der Waals surface area contributed by atoms with Crippen LogP contribution in [0, 0.1) is 11.8 Å². The second-order valence-corrected chi connectivity index (χ2v) is 6.24. The van der Waals surface area contributed by atoms with Gasteiger partial charge in [0, 0.05) is 33.4 Å². The first-order valence-electron chi connectivity index (χ1n) is 7.72. The highest BCUT2D eigenvalue weighted by molar-refractivity contribution is 5.32. The average Bonchev–Trinajstić information content (AvgIpc) is 3.09. The van der Waals surface area contributed by atoms with E-state index in [4.69, 9.17) is 4.74 Å². The zero-order valence-corrected chi connectivity index (χ0v) is 12.6. The van der Waals surface area contributed by atoms with E-state index in [1.54, 1.807) is 7.05 Å². The zero-order chi connectivity index (χ0) is 15.7. The normalized spacial score (nSPS) is 26.6. The summed E-state index contributed by atoms with van der Waals surface area (Å²) in [6.45, 7) is 3.27. The van der Waals surface area contributed by atoms with Crippen LogP contribution in [0.25, 0.3) is 0 Å². The minimum Gasteiger partial charge on any atom is -0.381 e. The predicted octanol–water partition coefficient (Wildman–Crippen LogP) is 2.17. The summed E-state index contributed by atoms with van der Waals surface area (Å²) in [5.74, 6) is 1.60. The summed E-state index contributed by atoms with van der Waals surface area (Å²) in [5, 5.41) is 7.72. The minimum atomic E-state index is -4.26. The van der Waals surface area contributed by atoms with Crippen molar-refractivity contribution in [3.8, 4) is 0 Å². The van der Waals surface area contributed by atoms with E-state index in [2.05, 4.69) is 15.1 Å². The zero-order valence-electron chi connectivity index (χ0n) is 12.6. The Morgan fingerprint density at radius 2 is 2.05 bits per heavy atom. The van der Waals surface area contributed by atoms with Crippen LogP contribution in [0.2, 0.25) is 0 Å². The fraction of sp³-hybridized carbons (Fsp3) is 0.857. The lowest BCUT2D eigenvalue weighted by Gasteiger charge is -2.35. The van der Waals surface area contributed by atoms with Crippen LogP contribution in [-0.4, -0.2) is 47.2 Å². The van der Waals surface area contributed by atoms with Crippen molar-refractivity contribution in [2.75, 3.05) is 31.2 Å². The molecule has 3 rings (SSSR count). The van der Waals surface area contributed by atoms with Gasteiger partial charge in [-0.15, -0.1) is 10.2 Å². The summed E-state index contributed by atoms with van der Waals surface area (Å²) >= 11 is 0. The Morgan fingerprint density at radius 1 is 1.23 bits per heavy atom. The van der Waals surface area contributed by atoms with E-state index in [9.17, 15) is 13.2 Å². The number of halogens is 3. The molecular weight excluding hydrogens is 297 g/mol. The number of nitrogens with zero attached hydrogens (tertiary/aromatic N) is 4. The van der Waals surface area contributed by atoms with Crippen LogP contribution in [-0.2, 0) is 18.2 Å². The van der Waals surface area contributed by atoms with Crippen molar-refractivity contribution in [1.29, 1.82) is 0 Å². The Bertz CT molecular complexity index is 511. The number of ether oxygens (including phenoxy) is 1. The van der Waals surface area contributed by atoms with Crippen molar-refractivity contribution < 1.29 is 17.9 Å². The van der Waals surface area contributed by atoms with Crippen LogP contribution in [0.1, 0.15) is 25.1 Å². The molecule has 0 saturated carbocycles. The van der Waals surface area contributed by atoms with Gasteiger partial charge < -0.3 is 14.2 Å². The molecule has 2 aliphatic heterocycles. The third kappa shape index (κ3) is 3.37. The molecule has 0 spiro atoms. The van der Waals surface area contributed by atoms with Crippen LogP contribution in [0.3, 0.4) is 0 Å². The summed E-state index contributed by atoms with van der Waals surface area (Å²) in [7, 11) is 1.61. The Balaban J connectivity index is 1.70. The fourth-order valence-corrected chi connectivity index (χ4v) is 3.46. The van der Waals surface area contributed by atoms with Gasteiger partial charge in [-0.25, -0.2) is 0 Å². The Morgan fingerprint density at radius 3 is 2.73 bits per heavy atom. The van der Waals surface area contributed by atoms with Gasteiger partial charge in [0.2, 0.25) is 5.95 Å². The molecule has 2 saturated heterocycles. The predicted molar refractivity (Wildman–Crippen MR) is 74.6 cm³/mol. The molecule has 3 heterocycles. The van der Waals surface area contributed by atoms with E-state index >= 15 is 0 Å². The molecule has 0 N–H and O–H groups in total. The monoisotopic (exact) mass is 318 g/mol. The van der Waals surface area contributed by atoms with Crippen molar-refractivity contribution in [3.05, 3.63) is 5.82 Å². The van der Waals surface area contributed by atoms with Gasteiger partial charge in [-0.1, -0.05) is 0 Å². The maximum absolute atomic E-state index is 12.5. The molecule has 2 unspecified atom stereocenters. The van der Waals surface area contributed by atoms with Crippen molar-refractivity contribution >= 4 is 5.95 Å². The van der Waals surface area contributed by atoms with Crippen LogP contribution in [0.15, 0.2) is 0 Å². The second-order valence-electron chi connectivity index (χ2n) is 6.24. The van der Waals surface area contributed by atoms with Crippen molar-refractivity contribution in [2.45, 2.75) is 31.9 Å². The molecule has 22 heavy (non-hydrogen) atoms. The van der Waals surface area contributed by atoms with E-state index in [0.717, 1.165) is 45.6 Å². The molecule has 5 nitrogen and oxygen atoms in total. The van der Waals surface area contributed by atoms with Gasteiger partial charge >= 0.3 is 6.18 Å². The van der Waals surface area contributed by atoms with E-state index < -0.39 is 12.6 Å². The molecule has 0 bridgehead atoms. The van der Waals surface area contributed by atoms with Crippen LogP contribution < -0.4 is 4.90 Å². The molecule has 2 fully saturated rings. The summed E-state index contributed by atoms with van der Waals surface area (Å²) < 4.78 is 44.5. The summed E-state index contributed by atoms with van der Waals surface area (Å²) in [6.07, 6.45) is -2.04. The summed E-state index contributed by atoms with van der Waals surface area (Å²) in [5.41, 5.74) is 0. The molecule has 1 aromatic rings. The molecule has 8 heteroatoms. The smallest absolute Gasteiger partial charge is 0.381 e. The average molecular weight is 318 g/mol. The molecular formula is C14H21F3N4O. The number of anilines is 1. The first-order valence-corrected chi connectivity index (χ1v) is 7.72. The van der Waals surface area contributed by atoms with Crippen molar-refractivity contribution in [1.82, 2.24) is 14.8 Å². The molecule has 0 amide bonds. The third-order valence-corrected chi connectivity index (χ3v) is 4.67. The SMILES string of the molecule is Cn1c(CC(F)(F)F)nnc1N1CCCC(C2CCOC2)C1. The molecule has 2 atom stereocenters. The van der Waals surface area contributed by atoms with Crippen LogP contribution >= 0.6 is 0 Å². The minimum absolute atomic E-state index is 0.0335. The number of aromatic nitrogens is 3. The van der Waals surface area contributed by atoms with Gasteiger partial charge in [-0.3, -0.25) is 0 Å². The van der Waals surface area contributed by atoms with Crippen molar-refractivity contribution in [3.63, 3.8) is 0 Å². The lowest BCUT2D eigenvalue weighted by atomic mass is 9.85. The highest BCUT2D eigenvalue weighted by Gasteiger charge is 2.34. The van der Waals surface area contributed by atoms with Gasteiger partial charge in [-0.05, 0) is 31.1 Å². The third-order valence-electron chi connectivity index (χ3n) is 4.67. The van der Waals surface area contributed by atoms with Crippen LogP contribution in [0.5, 0.6) is 0 Å². The number of rotatable bonds is 3. The maximum atomic E-state index is 12.5. The first-order chi connectivity index (χ1) is 10.4. The van der Waals surface area contributed by atoms with E-state index in [1.807, 2.05) is 0 Å². The maximum Gasteiger partial charge on any atom is 0.396 e. The standard InChI is InChI=1S/C14H21F3N4O/c1-20-12(7-14(15,16)17)18-19-13(20)21-5-2-3-10(8-21)11-4-6-22-9-11/h10-11H,2-9H2,1H3. The van der Waals surface area contributed by atoms with Gasteiger partial charge in [0.1, 0.15) is 12.2 Å². The highest BCUT2D eigenvalue weighted by Crippen LogP contribution is 2.31. The number of piperidine rings is 1. The topological polar surface area (TPSA) is 43.2 Å². The summed E-state index contributed by atoms with van der Waals surface area (Å²) in [6, 6.07) is 0. The highest BCUT2D eigenvalue weighted by atomic mass is 19.4. The quantitative estimate of drug-likeness (QED) is 0.857. The lowest BCUT2D eigenvalue weighted by molar-refractivity contribution is -0.128.